The van der Waals surface area contributed by atoms with E-state index < -0.39 is 5.92 Å². The minimum absolute atomic E-state index is 0.0306. The van der Waals surface area contributed by atoms with Crippen LogP contribution in [0.2, 0.25) is 0 Å². The maximum Gasteiger partial charge on any atom is 0.205 e. The van der Waals surface area contributed by atoms with Gasteiger partial charge in [0.15, 0.2) is 5.78 Å². The molecule has 2 N–H and O–H groups in total. The van der Waals surface area contributed by atoms with Crippen LogP contribution >= 0.6 is 0 Å². The third-order valence-electron chi connectivity index (χ3n) is 4.09. The number of carbonyl (C=O) groups is 1. The highest BCUT2D eigenvalue weighted by atomic mass is 16.5. The zero-order valence-corrected chi connectivity index (χ0v) is 12.7. The maximum atomic E-state index is 12.4. The van der Waals surface area contributed by atoms with Crippen molar-refractivity contribution < 1.29 is 9.53 Å². The molecule has 1 aliphatic carbocycles. The largest absolute Gasteiger partial charge is 0.444 e. The molecule has 3 rings (SSSR count). The van der Waals surface area contributed by atoms with Crippen molar-refractivity contribution in [3.05, 3.63) is 40.7 Å². The molecule has 1 atom stereocenters. The van der Waals surface area contributed by atoms with Crippen molar-refractivity contribution in [2.24, 2.45) is 5.73 Å². The summed E-state index contributed by atoms with van der Waals surface area (Å²) >= 11 is 0. The zero-order chi connectivity index (χ0) is 15.9. The van der Waals surface area contributed by atoms with Gasteiger partial charge >= 0.3 is 0 Å². The Labute approximate surface area is 128 Å². The van der Waals surface area contributed by atoms with Crippen molar-refractivity contribution in [2.45, 2.75) is 45.1 Å². The predicted octanol–water partition coefficient (Wildman–Crippen LogP) is 2.28. The highest BCUT2D eigenvalue weighted by molar-refractivity contribution is 5.99. The van der Waals surface area contributed by atoms with Gasteiger partial charge in [0.05, 0.1) is 11.6 Å². The van der Waals surface area contributed by atoms with Crippen LogP contribution in [0.4, 0.5) is 0 Å². The van der Waals surface area contributed by atoms with E-state index in [-0.39, 0.29) is 23.3 Å². The van der Waals surface area contributed by atoms with E-state index in [4.69, 9.17) is 10.5 Å². The van der Waals surface area contributed by atoms with Crippen molar-refractivity contribution in [1.82, 2.24) is 9.78 Å². The van der Waals surface area contributed by atoms with Gasteiger partial charge in [-0.25, -0.2) is 0 Å². The summed E-state index contributed by atoms with van der Waals surface area (Å²) in [5.41, 5.74) is 7.59. The van der Waals surface area contributed by atoms with Crippen LogP contribution in [0.3, 0.4) is 0 Å². The van der Waals surface area contributed by atoms with Crippen LogP contribution in [-0.2, 0) is 9.53 Å². The topological polar surface area (TPSA) is 93.9 Å². The minimum atomic E-state index is -0.480. The molecule has 0 aromatic carbocycles. The monoisotopic (exact) mass is 298 g/mol. The number of ether oxygens (including phenoxy) is 1. The highest BCUT2D eigenvalue weighted by Crippen LogP contribution is 2.43. The lowest BCUT2D eigenvalue weighted by Crippen LogP contribution is -2.29. The van der Waals surface area contributed by atoms with Gasteiger partial charge in [-0.05, 0) is 26.3 Å². The van der Waals surface area contributed by atoms with Gasteiger partial charge < -0.3 is 10.5 Å². The van der Waals surface area contributed by atoms with Crippen LogP contribution in [-0.4, -0.2) is 15.6 Å². The number of nitriles is 1. The smallest absolute Gasteiger partial charge is 0.205 e. The van der Waals surface area contributed by atoms with Crippen LogP contribution in [0.25, 0.3) is 0 Å². The first-order valence-corrected chi connectivity index (χ1v) is 7.41. The number of nitrogens with two attached hydrogens (primary N) is 1. The van der Waals surface area contributed by atoms with E-state index >= 15 is 0 Å². The molecular formula is C16H18N4O2. The van der Waals surface area contributed by atoms with E-state index in [1.165, 1.54) is 0 Å². The molecule has 2 heterocycles. The molecule has 6 heteroatoms. The second kappa shape index (κ2) is 5.34. The molecule has 0 fully saturated rings. The first-order valence-electron chi connectivity index (χ1n) is 7.41. The number of aromatic nitrogens is 2. The van der Waals surface area contributed by atoms with E-state index in [0.717, 1.165) is 12.1 Å². The Morgan fingerprint density at radius 2 is 2.27 bits per heavy atom. The Kier molecular flexibility index (Phi) is 3.49. The van der Waals surface area contributed by atoms with E-state index in [0.29, 0.717) is 24.2 Å². The molecule has 0 saturated carbocycles. The van der Waals surface area contributed by atoms with Gasteiger partial charge in [0.25, 0.3) is 0 Å². The average Bonchev–Trinajstić information content (AvgIpc) is 2.95. The summed E-state index contributed by atoms with van der Waals surface area (Å²) in [5, 5.41) is 13.8. The van der Waals surface area contributed by atoms with Crippen LogP contribution in [0.5, 0.6) is 0 Å². The second-order valence-electron chi connectivity index (χ2n) is 5.83. The number of rotatable bonds is 2. The number of Topliss-reactive ketones (excluding diaryl/α,β-unsaturated/α-hetero) is 1. The summed E-state index contributed by atoms with van der Waals surface area (Å²) in [6.07, 6.45) is 3.59. The Morgan fingerprint density at radius 1 is 1.50 bits per heavy atom. The molecule has 0 amide bonds. The number of allylic oxidation sites excluding steroid dienone is 3. The number of carbonyl (C=O) groups excluding carboxylic acids is 1. The van der Waals surface area contributed by atoms with Gasteiger partial charge in [0.1, 0.15) is 17.4 Å². The Bertz CT molecular complexity index is 734. The van der Waals surface area contributed by atoms with Gasteiger partial charge in [-0.3, -0.25) is 9.48 Å². The van der Waals surface area contributed by atoms with Crippen molar-refractivity contribution >= 4 is 5.78 Å². The Balaban J connectivity index is 2.21. The van der Waals surface area contributed by atoms with Crippen LogP contribution in [0.15, 0.2) is 35.1 Å². The standard InChI is InChI=1S/C16H18N4O2/c1-9(2)20-11(6-7-19-20)14-10(8-17)16(18)22-13-5-3-4-12(21)15(13)14/h6-7,9,14H,3-5,18H2,1-2H3/t14-/m1/s1. The first-order chi connectivity index (χ1) is 10.5. The van der Waals surface area contributed by atoms with E-state index in [9.17, 15) is 10.1 Å². The summed E-state index contributed by atoms with van der Waals surface area (Å²) in [4.78, 5) is 12.4. The fraction of sp³-hybridized carbons (Fsp3) is 0.438. The van der Waals surface area contributed by atoms with Crippen LogP contribution in [0, 0.1) is 11.3 Å². The zero-order valence-electron chi connectivity index (χ0n) is 12.7. The van der Waals surface area contributed by atoms with Crippen molar-refractivity contribution in [3.63, 3.8) is 0 Å². The van der Waals surface area contributed by atoms with Gasteiger partial charge in [-0.1, -0.05) is 0 Å². The van der Waals surface area contributed by atoms with Gasteiger partial charge in [0, 0.05) is 30.7 Å². The lowest BCUT2D eigenvalue weighted by molar-refractivity contribution is -0.116. The summed E-state index contributed by atoms with van der Waals surface area (Å²) in [7, 11) is 0. The SMILES string of the molecule is CC(C)n1nccc1[C@H]1C(C#N)=C(N)OC2=C1C(=O)CCC2. The van der Waals surface area contributed by atoms with Crippen molar-refractivity contribution in [3.8, 4) is 6.07 Å². The van der Waals surface area contributed by atoms with Gasteiger partial charge in [0.2, 0.25) is 5.88 Å². The molecule has 1 aliphatic heterocycles. The molecule has 114 valence electrons. The van der Waals surface area contributed by atoms with E-state index in [1.54, 1.807) is 6.20 Å². The van der Waals surface area contributed by atoms with E-state index in [2.05, 4.69) is 11.2 Å². The number of ketones is 1. The quantitative estimate of drug-likeness (QED) is 0.904. The molecule has 0 saturated heterocycles. The predicted molar refractivity (Wildman–Crippen MR) is 79.1 cm³/mol. The summed E-state index contributed by atoms with van der Waals surface area (Å²) in [6.45, 7) is 4.01. The third kappa shape index (κ3) is 2.10. The number of nitrogens with zero attached hydrogens (tertiary/aromatic N) is 3. The third-order valence-corrected chi connectivity index (χ3v) is 4.09. The second-order valence-corrected chi connectivity index (χ2v) is 5.83. The molecule has 0 spiro atoms. The molecule has 1 aromatic heterocycles. The van der Waals surface area contributed by atoms with Gasteiger partial charge in [-0.2, -0.15) is 10.4 Å². The summed E-state index contributed by atoms with van der Waals surface area (Å²) < 4.78 is 7.38. The molecular weight excluding hydrogens is 280 g/mol. The maximum absolute atomic E-state index is 12.4. The molecule has 0 radical (unpaired) electrons. The van der Waals surface area contributed by atoms with Crippen LogP contribution in [0.1, 0.15) is 50.8 Å². The minimum Gasteiger partial charge on any atom is -0.444 e. The van der Waals surface area contributed by atoms with Crippen molar-refractivity contribution in [1.29, 1.82) is 5.26 Å². The van der Waals surface area contributed by atoms with Crippen molar-refractivity contribution in [2.75, 3.05) is 0 Å². The number of hydrogen-bond acceptors (Lipinski definition) is 5. The Hall–Kier alpha value is -2.55. The molecule has 2 aliphatic rings. The average molecular weight is 298 g/mol. The van der Waals surface area contributed by atoms with Crippen LogP contribution < -0.4 is 5.73 Å². The normalized spacial score (nSPS) is 21.7. The van der Waals surface area contributed by atoms with E-state index in [1.807, 2.05) is 24.6 Å². The summed E-state index contributed by atoms with van der Waals surface area (Å²) in [6, 6.07) is 4.08. The first kappa shape index (κ1) is 14.4. The van der Waals surface area contributed by atoms with Gasteiger partial charge in [-0.15, -0.1) is 0 Å². The lowest BCUT2D eigenvalue weighted by Gasteiger charge is -2.31. The number of hydrogen-bond donors (Lipinski definition) is 1. The summed E-state index contributed by atoms with van der Waals surface area (Å²) in [5.74, 6) is 0.251. The molecule has 22 heavy (non-hydrogen) atoms. The lowest BCUT2D eigenvalue weighted by atomic mass is 9.79. The molecule has 0 unspecified atom stereocenters. The fourth-order valence-corrected chi connectivity index (χ4v) is 3.14. The highest BCUT2D eigenvalue weighted by Gasteiger charge is 2.39. The molecule has 6 nitrogen and oxygen atoms in total. The fourth-order valence-electron chi connectivity index (χ4n) is 3.14. The molecule has 1 aromatic rings. The Morgan fingerprint density at radius 3 is 2.95 bits per heavy atom. The molecule has 0 bridgehead atoms.